The summed E-state index contributed by atoms with van der Waals surface area (Å²) in [6, 6.07) is 5.56. The van der Waals surface area contributed by atoms with Crippen molar-refractivity contribution in [1.82, 2.24) is 0 Å². The van der Waals surface area contributed by atoms with Crippen LogP contribution in [0, 0.1) is 0 Å². The lowest BCUT2D eigenvalue weighted by Gasteiger charge is -2.25. The molecule has 3 nitrogen and oxygen atoms in total. The van der Waals surface area contributed by atoms with Crippen molar-refractivity contribution < 1.29 is 9.53 Å². The standard InChI is InChI=1S/C13H16ClNO2/c1-10-8-15(6-3-7-17-10)13-5-2-4-12(14)11(13)9-16/h2,4-5,9-10H,3,6-8H2,1H3. The van der Waals surface area contributed by atoms with Gasteiger partial charge < -0.3 is 9.64 Å². The van der Waals surface area contributed by atoms with Crippen LogP contribution in [0.2, 0.25) is 5.02 Å². The lowest BCUT2D eigenvalue weighted by molar-refractivity contribution is 0.0820. The lowest BCUT2D eigenvalue weighted by atomic mass is 10.1. The van der Waals surface area contributed by atoms with E-state index in [9.17, 15) is 4.79 Å². The van der Waals surface area contributed by atoms with E-state index in [0.717, 1.165) is 38.1 Å². The third-order valence-electron chi connectivity index (χ3n) is 2.94. The Morgan fingerprint density at radius 2 is 2.35 bits per heavy atom. The van der Waals surface area contributed by atoms with Crippen LogP contribution in [-0.2, 0) is 4.74 Å². The van der Waals surface area contributed by atoms with Gasteiger partial charge in [-0.15, -0.1) is 0 Å². The Morgan fingerprint density at radius 3 is 3.12 bits per heavy atom. The third kappa shape index (κ3) is 2.79. The van der Waals surface area contributed by atoms with Crippen molar-refractivity contribution in [1.29, 1.82) is 0 Å². The molecule has 1 aromatic carbocycles. The molecule has 2 rings (SSSR count). The van der Waals surface area contributed by atoms with Gasteiger partial charge in [0.05, 0.1) is 16.7 Å². The second kappa shape index (κ2) is 5.52. The van der Waals surface area contributed by atoms with Gasteiger partial charge in [0.1, 0.15) is 0 Å². The smallest absolute Gasteiger partial charge is 0.153 e. The maximum atomic E-state index is 11.1. The molecule has 1 aliphatic heterocycles. The van der Waals surface area contributed by atoms with Gasteiger partial charge in [-0.05, 0) is 25.5 Å². The Morgan fingerprint density at radius 1 is 1.53 bits per heavy atom. The number of halogens is 1. The SMILES string of the molecule is CC1CN(c2cccc(Cl)c2C=O)CCCO1. The molecule has 1 saturated heterocycles. The van der Waals surface area contributed by atoms with Crippen molar-refractivity contribution in [2.24, 2.45) is 0 Å². The number of hydrogen-bond donors (Lipinski definition) is 0. The zero-order valence-electron chi connectivity index (χ0n) is 9.86. The first-order chi connectivity index (χ1) is 8.22. The van der Waals surface area contributed by atoms with Crippen LogP contribution in [0.15, 0.2) is 18.2 Å². The van der Waals surface area contributed by atoms with Crippen LogP contribution in [0.1, 0.15) is 23.7 Å². The van der Waals surface area contributed by atoms with Gasteiger partial charge in [-0.2, -0.15) is 0 Å². The second-order valence-electron chi connectivity index (χ2n) is 4.27. The van der Waals surface area contributed by atoms with E-state index in [-0.39, 0.29) is 6.10 Å². The molecule has 0 bridgehead atoms. The monoisotopic (exact) mass is 253 g/mol. The van der Waals surface area contributed by atoms with Crippen molar-refractivity contribution in [2.45, 2.75) is 19.4 Å². The maximum Gasteiger partial charge on any atom is 0.153 e. The molecule has 0 saturated carbocycles. The quantitative estimate of drug-likeness (QED) is 0.759. The minimum absolute atomic E-state index is 0.177. The largest absolute Gasteiger partial charge is 0.377 e. The number of hydrogen-bond acceptors (Lipinski definition) is 3. The highest BCUT2D eigenvalue weighted by Crippen LogP contribution is 2.27. The molecule has 0 N–H and O–H groups in total. The summed E-state index contributed by atoms with van der Waals surface area (Å²) in [6.07, 6.45) is 1.97. The number of carbonyl (C=O) groups is 1. The van der Waals surface area contributed by atoms with Crippen molar-refractivity contribution in [3.05, 3.63) is 28.8 Å². The number of aldehydes is 1. The molecule has 92 valence electrons. The fourth-order valence-electron chi connectivity index (χ4n) is 2.13. The van der Waals surface area contributed by atoms with Crippen LogP contribution in [0.5, 0.6) is 0 Å². The highest BCUT2D eigenvalue weighted by atomic mass is 35.5. The van der Waals surface area contributed by atoms with Crippen molar-refractivity contribution in [3.8, 4) is 0 Å². The van der Waals surface area contributed by atoms with Gasteiger partial charge in [0.2, 0.25) is 0 Å². The summed E-state index contributed by atoms with van der Waals surface area (Å²) in [7, 11) is 0. The molecular weight excluding hydrogens is 238 g/mol. The predicted molar refractivity (Wildman–Crippen MR) is 69.1 cm³/mol. The number of anilines is 1. The van der Waals surface area contributed by atoms with E-state index < -0.39 is 0 Å². The van der Waals surface area contributed by atoms with Gasteiger partial charge in [0.25, 0.3) is 0 Å². The molecule has 1 atom stereocenters. The molecule has 0 aliphatic carbocycles. The van der Waals surface area contributed by atoms with Crippen LogP contribution in [0.25, 0.3) is 0 Å². The summed E-state index contributed by atoms with van der Waals surface area (Å²) in [5.74, 6) is 0. The average Bonchev–Trinajstić information content (AvgIpc) is 2.53. The minimum atomic E-state index is 0.177. The maximum absolute atomic E-state index is 11.1. The van der Waals surface area contributed by atoms with E-state index in [4.69, 9.17) is 16.3 Å². The fraction of sp³-hybridized carbons (Fsp3) is 0.462. The molecule has 0 aromatic heterocycles. The number of carbonyl (C=O) groups excluding carboxylic acids is 1. The van der Waals surface area contributed by atoms with Crippen molar-refractivity contribution in [3.63, 3.8) is 0 Å². The van der Waals surface area contributed by atoms with Crippen LogP contribution < -0.4 is 4.90 Å². The second-order valence-corrected chi connectivity index (χ2v) is 4.68. The van der Waals surface area contributed by atoms with Crippen molar-refractivity contribution >= 4 is 23.6 Å². The normalized spacial score (nSPS) is 21.1. The first-order valence-corrected chi connectivity index (χ1v) is 6.20. The van der Waals surface area contributed by atoms with Crippen LogP contribution in [0.3, 0.4) is 0 Å². The average molecular weight is 254 g/mol. The summed E-state index contributed by atoms with van der Waals surface area (Å²) in [6.45, 7) is 4.50. The minimum Gasteiger partial charge on any atom is -0.377 e. The lowest BCUT2D eigenvalue weighted by Crippen LogP contribution is -2.30. The van der Waals surface area contributed by atoms with E-state index in [2.05, 4.69) is 4.90 Å². The Bertz CT molecular complexity index is 408. The first kappa shape index (κ1) is 12.4. The van der Waals surface area contributed by atoms with E-state index in [0.29, 0.717) is 10.6 Å². The number of benzene rings is 1. The topological polar surface area (TPSA) is 29.5 Å². The van der Waals surface area contributed by atoms with Gasteiger partial charge in [0.15, 0.2) is 6.29 Å². The zero-order valence-corrected chi connectivity index (χ0v) is 10.6. The molecule has 1 aromatic rings. The molecule has 1 heterocycles. The molecule has 0 amide bonds. The van der Waals surface area contributed by atoms with Gasteiger partial charge in [-0.3, -0.25) is 4.79 Å². The predicted octanol–water partition coefficient (Wildman–Crippen LogP) is 2.77. The molecule has 17 heavy (non-hydrogen) atoms. The highest BCUT2D eigenvalue weighted by Gasteiger charge is 2.18. The molecule has 4 heteroatoms. The van der Waals surface area contributed by atoms with Crippen LogP contribution >= 0.6 is 11.6 Å². The van der Waals surface area contributed by atoms with Crippen LogP contribution in [0.4, 0.5) is 5.69 Å². The summed E-state index contributed by atoms with van der Waals surface area (Å²) in [5, 5.41) is 0.510. The van der Waals surface area contributed by atoms with Gasteiger partial charge in [0, 0.05) is 25.4 Å². The van der Waals surface area contributed by atoms with E-state index in [1.165, 1.54) is 0 Å². The fourth-order valence-corrected chi connectivity index (χ4v) is 2.35. The number of nitrogens with zero attached hydrogens (tertiary/aromatic N) is 1. The first-order valence-electron chi connectivity index (χ1n) is 5.82. The van der Waals surface area contributed by atoms with Crippen molar-refractivity contribution in [2.75, 3.05) is 24.6 Å². The van der Waals surface area contributed by atoms with Gasteiger partial charge >= 0.3 is 0 Å². The highest BCUT2D eigenvalue weighted by molar-refractivity contribution is 6.33. The summed E-state index contributed by atoms with van der Waals surface area (Å²) >= 11 is 6.04. The molecule has 1 unspecified atom stereocenters. The van der Waals surface area contributed by atoms with E-state index in [1.807, 2.05) is 19.1 Å². The molecular formula is C13H16ClNO2. The molecule has 1 fully saturated rings. The third-order valence-corrected chi connectivity index (χ3v) is 3.27. The Kier molecular flexibility index (Phi) is 4.02. The van der Waals surface area contributed by atoms with E-state index in [1.54, 1.807) is 6.07 Å². The van der Waals surface area contributed by atoms with Gasteiger partial charge in [-0.25, -0.2) is 0 Å². The molecule has 1 aliphatic rings. The zero-order chi connectivity index (χ0) is 12.3. The Labute approximate surface area is 106 Å². The Balaban J connectivity index is 2.31. The number of rotatable bonds is 2. The molecule has 0 radical (unpaired) electrons. The van der Waals surface area contributed by atoms with Gasteiger partial charge in [-0.1, -0.05) is 17.7 Å². The number of ether oxygens (including phenoxy) is 1. The summed E-state index contributed by atoms with van der Waals surface area (Å²) in [4.78, 5) is 13.3. The Hall–Kier alpha value is -1.06. The summed E-state index contributed by atoms with van der Waals surface area (Å²) in [5.41, 5.74) is 1.48. The van der Waals surface area contributed by atoms with E-state index >= 15 is 0 Å². The summed E-state index contributed by atoms with van der Waals surface area (Å²) < 4.78 is 5.60. The van der Waals surface area contributed by atoms with Crippen LogP contribution in [-0.4, -0.2) is 32.1 Å². The molecule has 0 spiro atoms.